The van der Waals surface area contributed by atoms with Gasteiger partial charge in [0.05, 0.1) is 12.1 Å². The highest BCUT2D eigenvalue weighted by molar-refractivity contribution is 6.13. The van der Waals surface area contributed by atoms with Crippen LogP contribution in [0.4, 0.5) is 0 Å². The van der Waals surface area contributed by atoms with Crippen LogP contribution >= 0.6 is 0 Å². The van der Waals surface area contributed by atoms with Crippen molar-refractivity contribution in [3.05, 3.63) is 11.6 Å². The molecule has 0 radical (unpaired) electrons. The van der Waals surface area contributed by atoms with E-state index in [0.29, 0.717) is 0 Å². The Hall–Kier alpha value is -2.14. The zero-order chi connectivity index (χ0) is 12.0. The zero-order valence-corrected chi connectivity index (χ0v) is 8.70. The molecular weight excluding hydrogens is 206 g/mol. The molecule has 0 aromatic carbocycles. The van der Waals surface area contributed by atoms with Gasteiger partial charge in [-0.25, -0.2) is 0 Å². The van der Waals surface area contributed by atoms with Crippen molar-refractivity contribution in [3.63, 3.8) is 0 Å². The molecule has 80 valence electrons. The summed E-state index contributed by atoms with van der Waals surface area (Å²) >= 11 is 0. The molecule has 0 aromatic rings. The highest BCUT2D eigenvalue weighted by Crippen LogP contribution is 2.53. The zero-order valence-electron chi connectivity index (χ0n) is 8.70. The first-order valence-corrected chi connectivity index (χ1v) is 4.86. The van der Waals surface area contributed by atoms with E-state index in [-0.39, 0.29) is 12.8 Å². The molecule has 2 atom stereocenters. The summed E-state index contributed by atoms with van der Waals surface area (Å²) in [7, 11) is 0. The first-order chi connectivity index (χ1) is 7.52. The molecule has 0 aromatic heterocycles. The summed E-state index contributed by atoms with van der Waals surface area (Å²) in [6, 6.07) is 3.76. The minimum absolute atomic E-state index is 0.125. The summed E-state index contributed by atoms with van der Waals surface area (Å²) < 4.78 is 0. The Kier molecular flexibility index (Phi) is 1.90. The van der Waals surface area contributed by atoms with E-state index in [9.17, 15) is 20.1 Å². The number of hydrogen-bond donors (Lipinski definition) is 1. The van der Waals surface area contributed by atoms with E-state index in [0.717, 1.165) is 5.57 Å². The smallest absolute Gasteiger partial charge is 0.249 e. The van der Waals surface area contributed by atoms with E-state index in [4.69, 9.17) is 0 Å². The molecule has 1 fully saturated rings. The number of allylic oxidation sites excluding steroid dienone is 2. The quantitative estimate of drug-likeness (QED) is 0.467. The molecule has 2 amide bonds. The van der Waals surface area contributed by atoms with Crippen molar-refractivity contribution >= 4 is 11.8 Å². The molecule has 1 aliphatic heterocycles. The van der Waals surface area contributed by atoms with Gasteiger partial charge in [0.15, 0.2) is 10.8 Å². The Balaban J connectivity index is 2.71. The van der Waals surface area contributed by atoms with Crippen LogP contribution in [0.15, 0.2) is 11.6 Å². The number of fused-ring (bicyclic) bond motifs is 1. The predicted octanol–water partition coefficient (Wildman–Crippen LogP) is 0.403. The number of rotatable bonds is 0. The van der Waals surface area contributed by atoms with Crippen molar-refractivity contribution in [3.8, 4) is 12.1 Å². The number of imide groups is 1. The van der Waals surface area contributed by atoms with Crippen molar-refractivity contribution in [2.45, 2.75) is 19.8 Å². The molecule has 1 aliphatic carbocycles. The van der Waals surface area contributed by atoms with Crippen LogP contribution in [0, 0.1) is 33.5 Å². The summed E-state index contributed by atoms with van der Waals surface area (Å²) in [4.78, 5) is 23.5. The second-order valence-electron chi connectivity index (χ2n) is 4.25. The van der Waals surface area contributed by atoms with Crippen molar-refractivity contribution in [2.24, 2.45) is 10.8 Å². The minimum Gasteiger partial charge on any atom is -0.294 e. The number of hydrogen-bond acceptors (Lipinski definition) is 4. The first-order valence-electron chi connectivity index (χ1n) is 4.86. The molecule has 0 bridgehead atoms. The molecule has 2 aliphatic rings. The third-order valence-electron chi connectivity index (χ3n) is 3.41. The molecule has 1 saturated heterocycles. The maximum Gasteiger partial charge on any atom is 0.249 e. The van der Waals surface area contributed by atoms with Gasteiger partial charge in [0.25, 0.3) is 0 Å². The van der Waals surface area contributed by atoms with Gasteiger partial charge in [0.2, 0.25) is 11.8 Å². The van der Waals surface area contributed by atoms with E-state index < -0.39 is 22.6 Å². The lowest BCUT2D eigenvalue weighted by atomic mass is 9.59. The molecule has 5 heteroatoms. The van der Waals surface area contributed by atoms with Crippen LogP contribution < -0.4 is 5.32 Å². The molecule has 1 heterocycles. The van der Waals surface area contributed by atoms with Crippen LogP contribution in [0.3, 0.4) is 0 Å². The molecule has 0 saturated carbocycles. The second-order valence-corrected chi connectivity index (χ2v) is 4.25. The predicted molar refractivity (Wildman–Crippen MR) is 52.2 cm³/mol. The fourth-order valence-electron chi connectivity index (χ4n) is 2.40. The van der Waals surface area contributed by atoms with Gasteiger partial charge in [-0.3, -0.25) is 14.9 Å². The second kappa shape index (κ2) is 2.93. The van der Waals surface area contributed by atoms with Crippen molar-refractivity contribution in [2.75, 3.05) is 0 Å². The topological polar surface area (TPSA) is 93.8 Å². The molecule has 16 heavy (non-hydrogen) atoms. The summed E-state index contributed by atoms with van der Waals surface area (Å²) in [6.07, 6.45) is 2.02. The number of amides is 2. The van der Waals surface area contributed by atoms with Gasteiger partial charge < -0.3 is 0 Å². The average molecular weight is 215 g/mol. The monoisotopic (exact) mass is 215 g/mol. The Morgan fingerprint density at radius 1 is 1.25 bits per heavy atom. The molecule has 0 unspecified atom stereocenters. The van der Waals surface area contributed by atoms with Crippen molar-refractivity contribution in [1.82, 2.24) is 5.32 Å². The molecule has 0 spiro atoms. The van der Waals surface area contributed by atoms with Crippen LogP contribution in [-0.2, 0) is 9.59 Å². The van der Waals surface area contributed by atoms with Gasteiger partial charge in [0, 0.05) is 0 Å². The van der Waals surface area contributed by atoms with Gasteiger partial charge in [-0.05, 0) is 19.8 Å². The van der Waals surface area contributed by atoms with E-state index in [1.54, 1.807) is 13.0 Å². The largest absolute Gasteiger partial charge is 0.294 e. The van der Waals surface area contributed by atoms with Crippen LogP contribution in [0.5, 0.6) is 0 Å². The Morgan fingerprint density at radius 3 is 2.38 bits per heavy atom. The number of nitrogens with one attached hydrogen (secondary N) is 1. The maximum absolute atomic E-state index is 11.7. The highest BCUT2D eigenvalue weighted by atomic mass is 16.2. The standard InChI is InChI=1S/C11H9N3O2/c1-7-2-3-10(5-12)8(15)14-9(16)11(10,4-7)6-13/h2H,3-4H2,1H3,(H,14,15,16)/t10-,11-/m0/s1. The Labute approximate surface area is 92.3 Å². The Morgan fingerprint density at radius 2 is 1.81 bits per heavy atom. The summed E-state index contributed by atoms with van der Waals surface area (Å²) in [6.45, 7) is 1.79. The molecular formula is C11H9N3O2. The van der Waals surface area contributed by atoms with Gasteiger partial charge in [0.1, 0.15) is 0 Å². The summed E-state index contributed by atoms with van der Waals surface area (Å²) in [5.41, 5.74) is -2.23. The van der Waals surface area contributed by atoms with Gasteiger partial charge in [-0.1, -0.05) is 11.6 Å². The van der Waals surface area contributed by atoms with Crippen molar-refractivity contribution < 1.29 is 9.59 Å². The number of carbonyl (C=O) groups excluding carboxylic acids is 2. The van der Waals surface area contributed by atoms with Crippen LogP contribution in [0.2, 0.25) is 0 Å². The van der Waals surface area contributed by atoms with E-state index in [1.807, 2.05) is 12.1 Å². The van der Waals surface area contributed by atoms with Crippen LogP contribution in [0.25, 0.3) is 0 Å². The van der Waals surface area contributed by atoms with Crippen LogP contribution in [-0.4, -0.2) is 11.8 Å². The molecule has 2 rings (SSSR count). The highest BCUT2D eigenvalue weighted by Gasteiger charge is 2.68. The lowest BCUT2D eigenvalue weighted by Crippen LogP contribution is -2.44. The SMILES string of the molecule is CC1=CC[C@]2(C#N)C(=O)NC(=O)[C@@]2(C#N)C1. The fraction of sp³-hybridized carbons (Fsp3) is 0.455. The van der Waals surface area contributed by atoms with E-state index in [2.05, 4.69) is 5.32 Å². The summed E-state index contributed by atoms with van der Waals surface area (Å²) in [5.74, 6) is -1.29. The third kappa shape index (κ3) is 0.880. The number of nitriles is 2. The lowest BCUT2D eigenvalue weighted by molar-refractivity contribution is -0.127. The number of carbonyl (C=O) groups is 2. The third-order valence-corrected chi connectivity index (χ3v) is 3.41. The summed E-state index contributed by atoms with van der Waals surface area (Å²) in [5, 5.41) is 20.5. The van der Waals surface area contributed by atoms with Crippen LogP contribution in [0.1, 0.15) is 19.8 Å². The normalized spacial score (nSPS) is 36.8. The van der Waals surface area contributed by atoms with Gasteiger partial charge in [-0.15, -0.1) is 0 Å². The molecule has 1 N–H and O–H groups in total. The Bertz CT molecular complexity index is 508. The molecule has 5 nitrogen and oxygen atoms in total. The average Bonchev–Trinajstić information content (AvgIpc) is 2.48. The lowest BCUT2D eigenvalue weighted by Gasteiger charge is -2.34. The fourth-order valence-corrected chi connectivity index (χ4v) is 2.40. The van der Waals surface area contributed by atoms with Gasteiger partial charge >= 0.3 is 0 Å². The van der Waals surface area contributed by atoms with E-state index >= 15 is 0 Å². The van der Waals surface area contributed by atoms with Crippen molar-refractivity contribution in [1.29, 1.82) is 10.5 Å². The first kappa shape index (κ1) is 10.4. The minimum atomic E-state index is -1.54. The van der Waals surface area contributed by atoms with Gasteiger partial charge in [-0.2, -0.15) is 10.5 Å². The van der Waals surface area contributed by atoms with E-state index in [1.165, 1.54) is 0 Å². The maximum atomic E-state index is 11.7. The number of nitrogens with zero attached hydrogens (tertiary/aromatic N) is 2.